The zero-order chi connectivity index (χ0) is 26.8. The van der Waals surface area contributed by atoms with Crippen molar-refractivity contribution in [2.24, 2.45) is 0 Å². The molecule has 0 aliphatic carbocycles. The van der Waals surface area contributed by atoms with Gasteiger partial charge in [-0.05, 0) is 88.6 Å². The van der Waals surface area contributed by atoms with E-state index in [-0.39, 0.29) is 24.7 Å². The number of urea groups is 1. The van der Waals surface area contributed by atoms with Gasteiger partial charge in [-0.1, -0.05) is 6.07 Å². The van der Waals surface area contributed by atoms with E-state index in [2.05, 4.69) is 21.2 Å². The van der Waals surface area contributed by atoms with Crippen molar-refractivity contribution < 1.29 is 37.7 Å². The molecule has 3 aromatic rings. The first kappa shape index (κ1) is 25.3. The number of carbonyl (C=O) groups excluding carboxylic acids is 3. The number of amides is 4. The van der Waals surface area contributed by atoms with E-state index in [1.807, 2.05) is 19.1 Å². The van der Waals surface area contributed by atoms with Gasteiger partial charge in [0.2, 0.25) is 6.79 Å². The molecule has 0 bridgehead atoms. The van der Waals surface area contributed by atoms with Crippen molar-refractivity contribution in [3.8, 4) is 23.0 Å². The van der Waals surface area contributed by atoms with Crippen molar-refractivity contribution in [2.45, 2.75) is 13.5 Å². The van der Waals surface area contributed by atoms with Crippen molar-refractivity contribution in [3.63, 3.8) is 0 Å². The van der Waals surface area contributed by atoms with Crippen LogP contribution in [-0.4, -0.2) is 31.2 Å². The number of anilines is 1. The van der Waals surface area contributed by atoms with Crippen LogP contribution in [0.5, 0.6) is 23.0 Å². The van der Waals surface area contributed by atoms with E-state index in [9.17, 15) is 18.8 Å². The minimum atomic E-state index is -0.924. The van der Waals surface area contributed by atoms with Crippen LogP contribution < -0.4 is 29.2 Å². The van der Waals surface area contributed by atoms with Gasteiger partial charge in [-0.15, -0.1) is 0 Å². The summed E-state index contributed by atoms with van der Waals surface area (Å²) in [6, 6.07) is 12.6. The van der Waals surface area contributed by atoms with Crippen LogP contribution in [0.2, 0.25) is 0 Å². The van der Waals surface area contributed by atoms with Crippen molar-refractivity contribution >= 4 is 45.5 Å². The molecule has 1 N–H and O–H groups in total. The van der Waals surface area contributed by atoms with Gasteiger partial charge in [0, 0.05) is 0 Å². The summed E-state index contributed by atoms with van der Waals surface area (Å²) in [5.41, 5.74) is 1.14. The molecular weight excluding hydrogens is 563 g/mol. The van der Waals surface area contributed by atoms with Gasteiger partial charge in [0.05, 0.1) is 16.8 Å². The number of halogens is 2. The highest BCUT2D eigenvalue weighted by atomic mass is 79.9. The standard InChI is InChI=1S/C27H20BrFN2O7/c1-2-35-23-12-16(10-20(28)24(23)36-13-15-3-8-21-22(11-15)38-14-37-21)9-19-25(32)30-27(34)31(26(19)33)18-6-4-17(29)5-7-18/h3-12H,2,13-14H2,1H3,(H,30,32,34)/b19-9+. The van der Waals surface area contributed by atoms with Crippen molar-refractivity contribution in [3.05, 3.63) is 81.6 Å². The van der Waals surface area contributed by atoms with Crippen LogP contribution in [0.15, 0.2) is 64.6 Å². The second-order valence-corrected chi connectivity index (χ2v) is 9.03. The number of benzene rings is 3. The molecule has 5 rings (SSSR count). The number of rotatable bonds is 7. The number of ether oxygens (including phenoxy) is 4. The van der Waals surface area contributed by atoms with Crippen LogP contribution in [0, 0.1) is 5.82 Å². The number of barbiturate groups is 1. The largest absolute Gasteiger partial charge is 0.490 e. The molecule has 4 amide bonds. The average molecular weight is 583 g/mol. The maximum absolute atomic E-state index is 13.3. The number of fused-ring (bicyclic) bond motifs is 1. The van der Waals surface area contributed by atoms with Gasteiger partial charge >= 0.3 is 6.03 Å². The van der Waals surface area contributed by atoms with Crippen molar-refractivity contribution in [1.82, 2.24) is 5.32 Å². The number of imide groups is 2. The molecule has 11 heteroatoms. The first-order valence-electron chi connectivity index (χ1n) is 11.5. The normalized spacial score (nSPS) is 15.6. The minimum Gasteiger partial charge on any atom is -0.490 e. The Morgan fingerprint density at radius 1 is 1.03 bits per heavy atom. The van der Waals surface area contributed by atoms with E-state index >= 15 is 0 Å². The number of nitrogens with zero attached hydrogens (tertiary/aromatic N) is 1. The fraction of sp³-hybridized carbons (Fsp3) is 0.148. The molecule has 1 fully saturated rings. The van der Waals surface area contributed by atoms with E-state index in [0.29, 0.717) is 39.6 Å². The van der Waals surface area contributed by atoms with E-state index in [1.165, 1.54) is 18.2 Å². The lowest BCUT2D eigenvalue weighted by molar-refractivity contribution is -0.122. The van der Waals surface area contributed by atoms with Gasteiger partial charge < -0.3 is 18.9 Å². The van der Waals surface area contributed by atoms with Crippen LogP contribution in [0.25, 0.3) is 6.08 Å². The van der Waals surface area contributed by atoms with E-state index < -0.39 is 23.7 Å². The van der Waals surface area contributed by atoms with Gasteiger partial charge in [-0.25, -0.2) is 14.1 Å². The van der Waals surface area contributed by atoms with Crippen LogP contribution in [0.4, 0.5) is 14.9 Å². The Balaban J connectivity index is 1.42. The molecule has 0 aromatic heterocycles. The second kappa shape index (κ2) is 10.5. The minimum absolute atomic E-state index is 0.121. The van der Waals surface area contributed by atoms with Crippen molar-refractivity contribution in [2.75, 3.05) is 18.3 Å². The third kappa shape index (κ3) is 5.05. The molecule has 194 valence electrons. The summed E-state index contributed by atoms with van der Waals surface area (Å²) >= 11 is 3.49. The number of hydrogen-bond acceptors (Lipinski definition) is 7. The molecule has 3 aromatic carbocycles. The quantitative estimate of drug-likeness (QED) is 0.310. The third-order valence-electron chi connectivity index (χ3n) is 5.65. The fourth-order valence-electron chi connectivity index (χ4n) is 3.91. The van der Waals surface area contributed by atoms with Gasteiger partial charge in [0.15, 0.2) is 23.0 Å². The molecule has 9 nitrogen and oxygen atoms in total. The number of carbonyl (C=O) groups is 3. The highest BCUT2D eigenvalue weighted by Crippen LogP contribution is 2.39. The summed E-state index contributed by atoms with van der Waals surface area (Å²) in [6.45, 7) is 2.53. The zero-order valence-corrected chi connectivity index (χ0v) is 21.5. The summed E-state index contributed by atoms with van der Waals surface area (Å²) in [5.74, 6) is -0.111. The molecule has 0 saturated carbocycles. The lowest BCUT2D eigenvalue weighted by Gasteiger charge is -2.26. The fourth-order valence-corrected chi connectivity index (χ4v) is 4.48. The SMILES string of the molecule is CCOc1cc(/C=C2\C(=O)NC(=O)N(c3ccc(F)cc3)C2=O)cc(Br)c1OCc1ccc2c(c1)OCO2. The Morgan fingerprint density at radius 2 is 1.79 bits per heavy atom. The highest BCUT2D eigenvalue weighted by Gasteiger charge is 2.37. The molecule has 1 saturated heterocycles. The molecule has 0 atom stereocenters. The average Bonchev–Trinajstić information content (AvgIpc) is 3.35. The third-order valence-corrected chi connectivity index (χ3v) is 6.24. The van der Waals surface area contributed by atoms with Gasteiger partial charge in [-0.2, -0.15) is 0 Å². The zero-order valence-electron chi connectivity index (χ0n) is 20.0. The smallest absolute Gasteiger partial charge is 0.335 e. The van der Waals surface area contributed by atoms with E-state index in [0.717, 1.165) is 22.6 Å². The summed E-state index contributed by atoms with van der Waals surface area (Å²) in [4.78, 5) is 38.8. The molecule has 0 radical (unpaired) electrons. The Kier molecular flexibility index (Phi) is 7.01. The van der Waals surface area contributed by atoms with E-state index in [1.54, 1.807) is 18.2 Å². The maximum Gasteiger partial charge on any atom is 0.335 e. The Morgan fingerprint density at radius 3 is 2.55 bits per heavy atom. The first-order chi connectivity index (χ1) is 18.3. The van der Waals surface area contributed by atoms with Crippen molar-refractivity contribution in [1.29, 1.82) is 0 Å². The monoisotopic (exact) mass is 582 g/mol. The summed E-state index contributed by atoms with van der Waals surface area (Å²) in [7, 11) is 0. The van der Waals surface area contributed by atoms with Crippen LogP contribution >= 0.6 is 15.9 Å². The molecule has 2 heterocycles. The Labute approximate surface area is 224 Å². The summed E-state index contributed by atoms with van der Waals surface area (Å²) in [6.07, 6.45) is 1.34. The summed E-state index contributed by atoms with van der Waals surface area (Å²) < 4.78 is 36.4. The lowest BCUT2D eigenvalue weighted by atomic mass is 10.1. The van der Waals surface area contributed by atoms with Crippen LogP contribution in [-0.2, 0) is 16.2 Å². The molecule has 2 aliphatic heterocycles. The topological polar surface area (TPSA) is 103 Å². The molecule has 0 spiro atoms. The Bertz CT molecular complexity index is 1470. The van der Waals surface area contributed by atoms with Gasteiger partial charge in [0.25, 0.3) is 11.8 Å². The van der Waals surface area contributed by atoms with Crippen LogP contribution in [0.3, 0.4) is 0 Å². The highest BCUT2D eigenvalue weighted by molar-refractivity contribution is 9.10. The predicted octanol–water partition coefficient (Wildman–Crippen LogP) is 4.96. The van der Waals surface area contributed by atoms with E-state index in [4.69, 9.17) is 18.9 Å². The molecule has 0 unspecified atom stereocenters. The maximum atomic E-state index is 13.3. The number of hydrogen-bond donors (Lipinski definition) is 1. The summed E-state index contributed by atoms with van der Waals surface area (Å²) in [5, 5.41) is 2.14. The molecule has 2 aliphatic rings. The molecular formula is C27H20BrFN2O7. The van der Waals surface area contributed by atoms with Gasteiger partial charge in [0.1, 0.15) is 18.0 Å². The predicted molar refractivity (Wildman–Crippen MR) is 138 cm³/mol. The van der Waals surface area contributed by atoms with Gasteiger partial charge in [-0.3, -0.25) is 14.9 Å². The number of nitrogens with one attached hydrogen (secondary N) is 1. The Hall–Kier alpha value is -4.38. The van der Waals surface area contributed by atoms with Crippen LogP contribution in [0.1, 0.15) is 18.1 Å². The first-order valence-corrected chi connectivity index (χ1v) is 12.3. The second-order valence-electron chi connectivity index (χ2n) is 8.17. The lowest BCUT2D eigenvalue weighted by Crippen LogP contribution is -2.54. The molecule has 38 heavy (non-hydrogen) atoms.